The van der Waals surface area contributed by atoms with Gasteiger partial charge in [-0.05, 0) is 57.0 Å². The van der Waals surface area contributed by atoms with Crippen molar-refractivity contribution >= 4 is 17.6 Å². The number of piperazine rings is 1. The number of likely N-dealkylation sites (tertiary alicyclic amines) is 1. The molecule has 0 aromatic heterocycles. The zero-order valence-corrected chi connectivity index (χ0v) is 19.8. The predicted octanol–water partition coefficient (Wildman–Crippen LogP) is 1.77. The van der Waals surface area contributed by atoms with E-state index in [1.54, 1.807) is 7.11 Å². The molecule has 2 saturated heterocycles. The smallest absolute Gasteiger partial charge is 0.222 e. The Morgan fingerprint density at radius 1 is 1.03 bits per heavy atom. The maximum atomic E-state index is 11.7. The molecule has 2 aliphatic heterocycles. The van der Waals surface area contributed by atoms with Gasteiger partial charge in [-0.15, -0.1) is 0 Å². The van der Waals surface area contributed by atoms with Gasteiger partial charge in [0.05, 0.1) is 7.11 Å². The molecule has 2 N–H and O–H groups in total. The van der Waals surface area contributed by atoms with Gasteiger partial charge in [0.2, 0.25) is 5.91 Å². The summed E-state index contributed by atoms with van der Waals surface area (Å²) in [6, 6.07) is 8.34. The predicted molar refractivity (Wildman–Crippen MR) is 131 cm³/mol. The number of hydrogen-bond acceptors (Lipinski definition) is 5. The van der Waals surface area contributed by atoms with Crippen molar-refractivity contribution in [2.75, 3.05) is 77.5 Å². The number of hydrogen-bond donors (Lipinski definition) is 2. The second-order valence-corrected chi connectivity index (χ2v) is 8.41. The molecule has 1 amide bonds. The Morgan fingerprint density at radius 3 is 2.47 bits per heavy atom. The van der Waals surface area contributed by atoms with E-state index in [2.05, 4.69) is 44.5 Å². The van der Waals surface area contributed by atoms with Crippen LogP contribution in [0.25, 0.3) is 0 Å². The maximum absolute atomic E-state index is 11.7. The number of guanidine groups is 1. The summed E-state index contributed by atoms with van der Waals surface area (Å²) < 4.78 is 5.25. The first-order valence-electron chi connectivity index (χ1n) is 12.1. The van der Waals surface area contributed by atoms with Crippen molar-refractivity contribution < 1.29 is 9.53 Å². The van der Waals surface area contributed by atoms with E-state index in [0.29, 0.717) is 12.3 Å². The van der Waals surface area contributed by atoms with E-state index in [1.165, 1.54) is 5.69 Å². The quantitative estimate of drug-likeness (QED) is 0.308. The Labute approximate surface area is 193 Å². The summed E-state index contributed by atoms with van der Waals surface area (Å²) in [6.07, 6.45) is 3.73. The van der Waals surface area contributed by atoms with Crippen LogP contribution in [0.4, 0.5) is 5.69 Å². The van der Waals surface area contributed by atoms with Crippen LogP contribution in [-0.2, 0) is 4.79 Å². The third-order valence-electron chi connectivity index (χ3n) is 6.13. The van der Waals surface area contributed by atoms with Crippen molar-refractivity contribution in [1.82, 2.24) is 20.4 Å². The van der Waals surface area contributed by atoms with Crippen LogP contribution in [0.1, 0.15) is 32.6 Å². The summed E-state index contributed by atoms with van der Waals surface area (Å²) >= 11 is 0. The SMILES string of the molecule is CCNC(=NCCCN1CCCC1=O)NCCCN1CCN(c2ccc(OC)cc2)CC1. The lowest BCUT2D eigenvalue weighted by Crippen LogP contribution is -2.47. The first kappa shape index (κ1) is 24.2. The fraction of sp³-hybridized carbons (Fsp3) is 0.667. The summed E-state index contributed by atoms with van der Waals surface area (Å²) in [5.74, 6) is 2.08. The molecule has 32 heavy (non-hydrogen) atoms. The molecule has 1 aromatic carbocycles. The lowest BCUT2D eigenvalue weighted by Gasteiger charge is -2.36. The molecule has 0 saturated carbocycles. The number of carbonyl (C=O) groups is 1. The Kier molecular flexibility index (Phi) is 9.94. The normalized spacial score (nSPS) is 17.7. The number of benzene rings is 1. The minimum atomic E-state index is 0.295. The Balaban J connectivity index is 1.29. The van der Waals surface area contributed by atoms with Crippen LogP contribution in [0.3, 0.4) is 0 Å². The van der Waals surface area contributed by atoms with Gasteiger partial charge >= 0.3 is 0 Å². The highest BCUT2D eigenvalue weighted by atomic mass is 16.5. The first-order chi connectivity index (χ1) is 15.7. The van der Waals surface area contributed by atoms with Gasteiger partial charge in [-0.25, -0.2) is 0 Å². The lowest BCUT2D eigenvalue weighted by molar-refractivity contribution is -0.127. The van der Waals surface area contributed by atoms with Crippen molar-refractivity contribution in [3.63, 3.8) is 0 Å². The number of nitrogens with zero attached hydrogens (tertiary/aromatic N) is 4. The van der Waals surface area contributed by atoms with E-state index >= 15 is 0 Å². The van der Waals surface area contributed by atoms with Crippen LogP contribution in [-0.4, -0.2) is 94.2 Å². The molecule has 0 radical (unpaired) electrons. The van der Waals surface area contributed by atoms with Crippen molar-refractivity contribution in [2.24, 2.45) is 4.99 Å². The van der Waals surface area contributed by atoms with Crippen molar-refractivity contribution in [3.8, 4) is 5.75 Å². The van der Waals surface area contributed by atoms with Crippen LogP contribution in [0.2, 0.25) is 0 Å². The van der Waals surface area contributed by atoms with Crippen molar-refractivity contribution in [2.45, 2.75) is 32.6 Å². The van der Waals surface area contributed by atoms with E-state index in [9.17, 15) is 4.79 Å². The lowest BCUT2D eigenvalue weighted by atomic mass is 10.2. The van der Waals surface area contributed by atoms with E-state index in [4.69, 9.17) is 4.74 Å². The minimum Gasteiger partial charge on any atom is -0.497 e. The van der Waals surface area contributed by atoms with Gasteiger partial charge in [-0.3, -0.25) is 14.7 Å². The Hall–Kier alpha value is -2.48. The van der Waals surface area contributed by atoms with Crippen LogP contribution in [0, 0.1) is 0 Å². The van der Waals surface area contributed by atoms with Crippen LogP contribution >= 0.6 is 0 Å². The Morgan fingerprint density at radius 2 is 1.81 bits per heavy atom. The van der Waals surface area contributed by atoms with Crippen molar-refractivity contribution in [1.29, 1.82) is 0 Å². The first-order valence-corrected chi connectivity index (χ1v) is 12.1. The van der Waals surface area contributed by atoms with E-state index in [0.717, 1.165) is 96.4 Å². The molecule has 178 valence electrons. The number of nitrogens with one attached hydrogen (secondary N) is 2. The highest BCUT2D eigenvalue weighted by molar-refractivity contribution is 5.79. The molecule has 8 nitrogen and oxygen atoms in total. The monoisotopic (exact) mass is 444 g/mol. The molecule has 3 rings (SSSR count). The van der Waals surface area contributed by atoms with Gasteiger partial charge in [0.1, 0.15) is 5.75 Å². The molecule has 2 aliphatic rings. The molecule has 2 heterocycles. The highest BCUT2D eigenvalue weighted by Crippen LogP contribution is 2.20. The third kappa shape index (κ3) is 7.58. The van der Waals surface area contributed by atoms with E-state index in [-0.39, 0.29) is 0 Å². The zero-order valence-electron chi connectivity index (χ0n) is 19.8. The second-order valence-electron chi connectivity index (χ2n) is 8.41. The van der Waals surface area contributed by atoms with Gasteiger partial charge in [0, 0.05) is 71.0 Å². The fourth-order valence-corrected chi connectivity index (χ4v) is 4.27. The summed E-state index contributed by atoms with van der Waals surface area (Å²) in [7, 11) is 1.70. The van der Waals surface area contributed by atoms with Gasteiger partial charge in [0.25, 0.3) is 0 Å². The van der Waals surface area contributed by atoms with Gasteiger partial charge in [-0.2, -0.15) is 0 Å². The average molecular weight is 445 g/mol. The maximum Gasteiger partial charge on any atom is 0.222 e. The summed E-state index contributed by atoms with van der Waals surface area (Å²) in [4.78, 5) is 23.3. The molecular weight excluding hydrogens is 404 g/mol. The number of amides is 1. The zero-order chi connectivity index (χ0) is 22.6. The molecule has 0 unspecified atom stereocenters. The average Bonchev–Trinajstić information content (AvgIpc) is 3.24. The van der Waals surface area contributed by atoms with E-state index in [1.807, 2.05) is 17.0 Å². The molecule has 8 heteroatoms. The molecule has 0 spiro atoms. The fourth-order valence-electron chi connectivity index (χ4n) is 4.27. The molecular formula is C24H40N6O2. The third-order valence-corrected chi connectivity index (χ3v) is 6.13. The summed E-state index contributed by atoms with van der Waals surface area (Å²) in [5.41, 5.74) is 1.27. The number of aliphatic imine (C=N–C) groups is 1. The van der Waals surface area contributed by atoms with Crippen molar-refractivity contribution in [3.05, 3.63) is 24.3 Å². The Bertz CT molecular complexity index is 716. The summed E-state index contributed by atoms with van der Waals surface area (Å²) in [5, 5.41) is 6.77. The topological polar surface area (TPSA) is 72.4 Å². The largest absolute Gasteiger partial charge is 0.497 e. The molecule has 1 aromatic rings. The standard InChI is InChI=1S/C24H40N6O2/c1-3-25-24(27-13-6-16-30-15-4-7-23(30)31)26-12-5-14-28-17-19-29(20-18-28)21-8-10-22(32-2)11-9-21/h8-11H,3-7,12-20H2,1-2H3,(H2,25,26,27). The summed E-state index contributed by atoms with van der Waals surface area (Å²) in [6.45, 7) is 11.7. The minimum absolute atomic E-state index is 0.295. The number of carbonyl (C=O) groups excluding carboxylic acids is 1. The van der Waals surface area contributed by atoms with Crippen LogP contribution in [0.15, 0.2) is 29.3 Å². The van der Waals surface area contributed by atoms with Crippen LogP contribution < -0.4 is 20.3 Å². The number of ether oxygens (including phenoxy) is 1. The van der Waals surface area contributed by atoms with Gasteiger partial charge in [-0.1, -0.05) is 0 Å². The number of anilines is 1. The van der Waals surface area contributed by atoms with E-state index < -0.39 is 0 Å². The number of rotatable bonds is 11. The molecule has 0 bridgehead atoms. The molecule has 0 atom stereocenters. The molecule has 0 aliphatic carbocycles. The second kappa shape index (κ2) is 13.2. The van der Waals surface area contributed by atoms with Gasteiger partial charge < -0.3 is 25.2 Å². The molecule has 2 fully saturated rings. The van der Waals surface area contributed by atoms with Gasteiger partial charge in [0.15, 0.2) is 5.96 Å². The van der Waals surface area contributed by atoms with Crippen LogP contribution in [0.5, 0.6) is 5.75 Å². The highest BCUT2D eigenvalue weighted by Gasteiger charge is 2.19. The number of methoxy groups -OCH3 is 1.